The maximum atomic E-state index is 10.1. The minimum Gasteiger partial charge on any atom is -1.00 e. The highest BCUT2D eigenvalue weighted by Gasteiger charge is 2.36. The normalized spacial score (nSPS) is 23.0. The van der Waals surface area contributed by atoms with E-state index in [1.165, 1.54) is 28.7 Å². The van der Waals surface area contributed by atoms with Gasteiger partial charge in [0.05, 0.1) is 5.02 Å². The Kier molecular flexibility index (Phi) is 4.73. The number of halogens is 2. The van der Waals surface area contributed by atoms with Crippen LogP contribution in [0.5, 0.6) is 5.75 Å². The molecule has 0 aromatic heterocycles. The van der Waals surface area contributed by atoms with Crippen LogP contribution in [0.25, 0.3) is 0 Å². The first kappa shape index (κ1) is 16.8. The van der Waals surface area contributed by atoms with E-state index in [2.05, 4.69) is 36.2 Å². The van der Waals surface area contributed by atoms with Crippen molar-refractivity contribution in [2.45, 2.75) is 31.2 Å². The Morgan fingerprint density at radius 2 is 1.87 bits per heavy atom. The standard InChI is InChI=1S/C19H20ClNO.BrH/c1-21-9-8-13-10-16(20)18(22)11-15(13)19-14-5-3-2-4-12(14)6-7-17(19)21;/h2-5,10-11,17,19,22H,6-9H2,1H3;1H/p-1/t17-,19-;/m1./s1. The van der Waals surface area contributed by atoms with Crippen LogP contribution in [0.1, 0.15) is 34.6 Å². The van der Waals surface area contributed by atoms with Crippen LogP contribution < -0.4 is 17.0 Å². The molecular weight excluding hydrogens is 374 g/mol. The first-order chi connectivity index (χ1) is 10.6. The summed E-state index contributed by atoms with van der Waals surface area (Å²) in [6, 6.07) is 13.1. The fraction of sp³-hybridized carbons (Fsp3) is 0.368. The van der Waals surface area contributed by atoms with Gasteiger partial charge in [0, 0.05) is 18.5 Å². The molecule has 4 rings (SSSR count). The van der Waals surface area contributed by atoms with Gasteiger partial charge in [-0.1, -0.05) is 35.9 Å². The van der Waals surface area contributed by atoms with Crippen LogP contribution in [-0.4, -0.2) is 29.6 Å². The average molecular weight is 394 g/mol. The number of aromatic hydroxyl groups is 1. The molecule has 1 N–H and O–H groups in total. The molecular formula is C19H20BrClNO-. The van der Waals surface area contributed by atoms with Gasteiger partial charge in [-0.15, -0.1) is 0 Å². The summed E-state index contributed by atoms with van der Waals surface area (Å²) in [5, 5.41) is 10.6. The number of hydrogen-bond acceptors (Lipinski definition) is 2. The number of phenols is 1. The van der Waals surface area contributed by atoms with E-state index in [1.54, 1.807) is 0 Å². The number of aryl methyl sites for hydroxylation is 1. The van der Waals surface area contributed by atoms with E-state index in [1.807, 2.05) is 12.1 Å². The maximum absolute atomic E-state index is 10.1. The molecule has 1 aliphatic carbocycles. The molecule has 2 atom stereocenters. The van der Waals surface area contributed by atoms with Gasteiger partial charge in [0.15, 0.2) is 0 Å². The Bertz CT molecular complexity index is 733. The largest absolute Gasteiger partial charge is 1.00 e. The van der Waals surface area contributed by atoms with Crippen molar-refractivity contribution in [2.75, 3.05) is 13.6 Å². The molecule has 4 heteroatoms. The van der Waals surface area contributed by atoms with Crippen LogP contribution >= 0.6 is 11.6 Å². The highest BCUT2D eigenvalue weighted by molar-refractivity contribution is 6.32. The molecule has 0 amide bonds. The fourth-order valence-electron chi connectivity index (χ4n) is 4.18. The SMILES string of the molecule is CN1CCc2cc(Cl)c(O)cc2[C@H]2c3ccccc3CC[C@H]21.[Br-]. The molecule has 2 aliphatic rings. The lowest BCUT2D eigenvalue weighted by Gasteiger charge is -2.38. The molecule has 0 unspecified atom stereocenters. The van der Waals surface area contributed by atoms with Gasteiger partial charge in [0.25, 0.3) is 0 Å². The quantitative estimate of drug-likeness (QED) is 0.721. The van der Waals surface area contributed by atoms with E-state index in [-0.39, 0.29) is 22.7 Å². The van der Waals surface area contributed by atoms with Crippen molar-refractivity contribution in [3.8, 4) is 5.75 Å². The van der Waals surface area contributed by atoms with Gasteiger partial charge in [0.2, 0.25) is 0 Å². The number of nitrogens with zero attached hydrogens (tertiary/aromatic N) is 1. The molecule has 0 radical (unpaired) electrons. The summed E-state index contributed by atoms with van der Waals surface area (Å²) in [7, 11) is 2.22. The molecule has 0 saturated heterocycles. The van der Waals surface area contributed by atoms with Crippen LogP contribution in [0.3, 0.4) is 0 Å². The molecule has 0 bridgehead atoms. The Morgan fingerprint density at radius 3 is 2.70 bits per heavy atom. The summed E-state index contributed by atoms with van der Waals surface area (Å²) in [5.74, 6) is 0.530. The number of benzene rings is 2. The summed E-state index contributed by atoms with van der Waals surface area (Å²) >= 11 is 6.15. The third-order valence-corrected chi connectivity index (χ3v) is 5.63. The van der Waals surface area contributed by atoms with Crippen LogP contribution in [0.2, 0.25) is 5.02 Å². The van der Waals surface area contributed by atoms with Gasteiger partial charge < -0.3 is 27.0 Å². The summed E-state index contributed by atoms with van der Waals surface area (Å²) < 4.78 is 0. The third kappa shape index (κ3) is 2.79. The van der Waals surface area contributed by atoms with Crippen molar-refractivity contribution < 1.29 is 22.1 Å². The zero-order valence-electron chi connectivity index (χ0n) is 13.1. The topological polar surface area (TPSA) is 23.5 Å². The van der Waals surface area contributed by atoms with Gasteiger partial charge in [-0.05, 0) is 60.7 Å². The van der Waals surface area contributed by atoms with Crippen molar-refractivity contribution >= 4 is 11.6 Å². The second kappa shape index (κ2) is 6.46. The van der Waals surface area contributed by atoms with Gasteiger partial charge >= 0.3 is 0 Å². The number of hydrogen-bond donors (Lipinski definition) is 1. The zero-order valence-corrected chi connectivity index (χ0v) is 15.4. The number of fused-ring (bicyclic) bond motifs is 5. The summed E-state index contributed by atoms with van der Waals surface area (Å²) in [6.07, 6.45) is 3.29. The van der Waals surface area contributed by atoms with Gasteiger partial charge in [-0.25, -0.2) is 0 Å². The van der Waals surface area contributed by atoms with Crippen molar-refractivity contribution in [2.24, 2.45) is 0 Å². The van der Waals surface area contributed by atoms with Crippen molar-refractivity contribution in [3.63, 3.8) is 0 Å². The van der Waals surface area contributed by atoms with E-state index in [9.17, 15) is 5.11 Å². The number of likely N-dealkylation sites (N-methyl/N-ethyl adjacent to an activating group) is 1. The second-order valence-corrected chi connectivity index (χ2v) is 6.92. The van der Waals surface area contributed by atoms with Gasteiger partial charge in [-0.2, -0.15) is 0 Å². The Morgan fingerprint density at radius 1 is 1.09 bits per heavy atom. The lowest BCUT2D eigenvalue weighted by atomic mass is 9.74. The molecule has 2 nitrogen and oxygen atoms in total. The summed E-state index contributed by atoms with van der Waals surface area (Å²) in [5.41, 5.74) is 5.39. The van der Waals surface area contributed by atoms with E-state index < -0.39 is 0 Å². The third-order valence-electron chi connectivity index (χ3n) is 5.33. The predicted molar refractivity (Wildman–Crippen MR) is 89.8 cm³/mol. The molecule has 2 aromatic carbocycles. The lowest BCUT2D eigenvalue weighted by molar-refractivity contribution is -0.00000534. The van der Waals surface area contributed by atoms with E-state index in [0.717, 1.165) is 19.4 Å². The van der Waals surface area contributed by atoms with Gasteiger partial charge in [-0.3, -0.25) is 0 Å². The number of phenolic OH excluding ortho intramolecular Hbond substituents is 1. The minimum atomic E-state index is 0. The van der Waals surface area contributed by atoms with Crippen molar-refractivity contribution in [1.82, 2.24) is 4.90 Å². The van der Waals surface area contributed by atoms with Crippen LogP contribution in [-0.2, 0) is 12.8 Å². The first-order valence-corrected chi connectivity index (χ1v) is 8.32. The molecule has 1 heterocycles. The van der Waals surface area contributed by atoms with E-state index in [4.69, 9.17) is 11.6 Å². The van der Waals surface area contributed by atoms with Crippen molar-refractivity contribution in [1.29, 1.82) is 0 Å². The van der Waals surface area contributed by atoms with E-state index in [0.29, 0.717) is 17.0 Å². The minimum absolute atomic E-state index is 0. The Balaban J connectivity index is 0.00000156. The van der Waals surface area contributed by atoms with Crippen molar-refractivity contribution in [3.05, 3.63) is 63.7 Å². The summed E-state index contributed by atoms with van der Waals surface area (Å²) in [4.78, 5) is 2.48. The average Bonchev–Trinajstić information content (AvgIpc) is 2.66. The highest BCUT2D eigenvalue weighted by Crippen LogP contribution is 2.44. The smallest absolute Gasteiger partial charge is 0.134 e. The molecule has 1 aliphatic heterocycles. The molecule has 2 aromatic rings. The Hall–Kier alpha value is -1.03. The van der Waals surface area contributed by atoms with Gasteiger partial charge in [0.1, 0.15) is 5.75 Å². The fourth-order valence-corrected chi connectivity index (χ4v) is 4.37. The van der Waals surface area contributed by atoms with Crippen LogP contribution in [0, 0.1) is 0 Å². The zero-order chi connectivity index (χ0) is 15.3. The number of rotatable bonds is 0. The van der Waals surface area contributed by atoms with Crippen LogP contribution in [0.4, 0.5) is 0 Å². The molecule has 0 fully saturated rings. The second-order valence-electron chi connectivity index (χ2n) is 6.52. The van der Waals surface area contributed by atoms with E-state index >= 15 is 0 Å². The summed E-state index contributed by atoms with van der Waals surface area (Å²) in [6.45, 7) is 1.04. The molecule has 23 heavy (non-hydrogen) atoms. The first-order valence-electron chi connectivity index (χ1n) is 7.94. The Labute approximate surface area is 152 Å². The molecule has 122 valence electrons. The lowest BCUT2D eigenvalue weighted by Crippen LogP contribution is -3.00. The predicted octanol–water partition coefficient (Wildman–Crippen LogP) is 0.984. The molecule has 0 spiro atoms. The van der Waals surface area contributed by atoms with Crippen LogP contribution in [0.15, 0.2) is 36.4 Å². The monoisotopic (exact) mass is 392 g/mol. The molecule has 0 saturated carbocycles. The highest BCUT2D eigenvalue weighted by atomic mass is 79.9. The maximum Gasteiger partial charge on any atom is 0.134 e.